The minimum absolute atomic E-state index is 0.0148. The van der Waals surface area contributed by atoms with Gasteiger partial charge in [0.15, 0.2) is 0 Å². The summed E-state index contributed by atoms with van der Waals surface area (Å²) in [6.45, 7) is 12.5. The van der Waals surface area contributed by atoms with Crippen molar-refractivity contribution in [3.8, 4) is 0 Å². The number of ether oxygens (including phenoxy) is 1. The van der Waals surface area contributed by atoms with Crippen LogP contribution in [0.4, 0.5) is 0 Å². The van der Waals surface area contributed by atoms with Crippen LogP contribution in [-0.4, -0.2) is 23.8 Å². The van der Waals surface area contributed by atoms with Gasteiger partial charge in [-0.1, -0.05) is 129 Å². The molecule has 1 saturated carbocycles. The van der Waals surface area contributed by atoms with Crippen molar-refractivity contribution in [2.45, 2.75) is 176 Å². The van der Waals surface area contributed by atoms with E-state index >= 15 is 0 Å². The molecule has 3 heteroatoms. The zero-order valence-electron chi connectivity index (χ0n) is 27.8. The Morgan fingerprint density at radius 1 is 0.951 bits per heavy atom. The van der Waals surface area contributed by atoms with Crippen molar-refractivity contribution in [3.63, 3.8) is 0 Å². The predicted octanol–water partition coefficient (Wildman–Crippen LogP) is 10.9. The van der Waals surface area contributed by atoms with Crippen molar-refractivity contribution in [3.05, 3.63) is 23.3 Å². The highest BCUT2D eigenvalue weighted by Crippen LogP contribution is 2.62. The molecule has 0 saturated heterocycles. The Bertz CT molecular complexity index is 840. The normalized spacial score (nSPS) is 28.5. The Labute approximate surface area is 254 Å². The van der Waals surface area contributed by atoms with Crippen LogP contribution in [0.3, 0.4) is 0 Å². The molecule has 3 rings (SSSR count). The second kappa shape index (κ2) is 17.3. The lowest BCUT2D eigenvalue weighted by molar-refractivity contribution is -0.154. The number of allylic oxidation sites excluding steroid dienone is 4. The van der Waals surface area contributed by atoms with E-state index in [2.05, 4.69) is 46.8 Å². The van der Waals surface area contributed by atoms with E-state index in [4.69, 9.17) is 4.74 Å². The summed E-state index contributed by atoms with van der Waals surface area (Å²) < 4.78 is 6.00. The smallest absolute Gasteiger partial charge is 0.305 e. The van der Waals surface area contributed by atoms with E-state index in [0.29, 0.717) is 36.2 Å². The molecule has 0 bridgehead atoms. The molecule has 0 aromatic carbocycles. The molecule has 0 amide bonds. The number of hydrogen-bond acceptors (Lipinski definition) is 3. The summed E-state index contributed by atoms with van der Waals surface area (Å²) >= 11 is 0. The summed E-state index contributed by atoms with van der Waals surface area (Å²) in [6.07, 6.45) is 29.5. The minimum atomic E-state index is -0.0865. The van der Waals surface area contributed by atoms with Gasteiger partial charge >= 0.3 is 5.97 Å². The molecule has 0 aromatic rings. The standard InChI is InChI=1S/C38H66O3/c1-6-7-8-15-19-33(39)20-16-13-11-9-10-12-14-17-21-36(40)41-29-37(4)26-18-27-38(5)34-24-22-31(30(2)3)28-32(34)23-25-35(37)38/h23,28,30,33-35,39H,6-22,24-27,29H2,1-5H3/t33?,34-,35-,37-,38+/m0/s1. The number of aliphatic hydroxyl groups is 1. The highest BCUT2D eigenvalue weighted by atomic mass is 16.5. The number of carbonyl (C=O) groups excluding carboxylic acids is 1. The summed E-state index contributed by atoms with van der Waals surface area (Å²) in [7, 11) is 0. The number of esters is 1. The minimum Gasteiger partial charge on any atom is -0.465 e. The Balaban J connectivity index is 1.28. The molecule has 0 radical (unpaired) electrons. The van der Waals surface area contributed by atoms with Gasteiger partial charge < -0.3 is 9.84 Å². The van der Waals surface area contributed by atoms with Crippen molar-refractivity contribution < 1.29 is 14.6 Å². The molecule has 3 aliphatic carbocycles. The van der Waals surface area contributed by atoms with Crippen LogP contribution in [0.25, 0.3) is 0 Å². The zero-order valence-corrected chi connectivity index (χ0v) is 27.8. The van der Waals surface area contributed by atoms with E-state index in [1.807, 2.05) is 0 Å². The Morgan fingerprint density at radius 2 is 1.59 bits per heavy atom. The number of hydrogen-bond donors (Lipinski definition) is 1. The maximum Gasteiger partial charge on any atom is 0.305 e. The number of rotatable bonds is 19. The number of aliphatic hydroxyl groups excluding tert-OH is 1. The first-order valence-electron chi connectivity index (χ1n) is 17.9. The molecule has 1 fully saturated rings. The van der Waals surface area contributed by atoms with Gasteiger partial charge in [0.05, 0.1) is 12.7 Å². The summed E-state index contributed by atoms with van der Waals surface area (Å²) in [6, 6.07) is 0. The fourth-order valence-corrected chi connectivity index (χ4v) is 8.63. The maximum atomic E-state index is 12.7. The molecule has 41 heavy (non-hydrogen) atoms. The molecule has 236 valence electrons. The van der Waals surface area contributed by atoms with Crippen LogP contribution < -0.4 is 0 Å². The van der Waals surface area contributed by atoms with Gasteiger partial charge in [-0.15, -0.1) is 0 Å². The van der Waals surface area contributed by atoms with Crippen LogP contribution in [0.2, 0.25) is 0 Å². The van der Waals surface area contributed by atoms with E-state index in [1.165, 1.54) is 89.9 Å². The van der Waals surface area contributed by atoms with Crippen LogP contribution >= 0.6 is 0 Å². The van der Waals surface area contributed by atoms with E-state index in [-0.39, 0.29) is 17.5 Å². The van der Waals surface area contributed by atoms with Crippen molar-refractivity contribution >= 4 is 5.97 Å². The van der Waals surface area contributed by atoms with Crippen molar-refractivity contribution in [2.24, 2.45) is 28.6 Å². The molecule has 5 atom stereocenters. The van der Waals surface area contributed by atoms with Gasteiger partial charge in [0.2, 0.25) is 0 Å². The van der Waals surface area contributed by atoms with Crippen molar-refractivity contribution in [1.29, 1.82) is 0 Å². The number of carbonyl (C=O) groups is 1. The first kappa shape index (κ1) is 34.4. The zero-order chi connectivity index (χ0) is 29.7. The van der Waals surface area contributed by atoms with Crippen LogP contribution in [-0.2, 0) is 9.53 Å². The average molecular weight is 571 g/mol. The molecule has 3 aliphatic rings. The van der Waals surface area contributed by atoms with Gasteiger partial charge in [-0.3, -0.25) is 4.79 Å². The highest BCUT2D eigenvalue weighted by molar-refractivity contribution is 5.69. The lowest BCUT2D eigenvalue weighted by atomic mass is 9.47. The topological polar surface area (TPSA) is 46.5 Å². The van der Waals surface area contributed by atoms with E-state index < -0.39 is 0 Å². The van der Waals surface area contributed by atoms with Crippen LogP contribution in [0.5, 0.6) is 0 Å². The lowest BCUT2D eigenvalue weighted by Gasteiger charge is -2.58. The van der Waals surface area contributed by atoms with Crippen LogP contribution in [0.15, 0.2) is 23.3 Å². The molecule has 0 spiro atoms. The highest BCUT2D eigenvalue weighted by Gasteiger charge is 2.54. The predicted molar refractivity (Wildman–Crippen MR) is 174 cm³/mol. The fraction of sp³-hybridized carbons (Fsp3) is 0.868. The molecule has 1 unspecified atom stereocenters. The van der Waals surface area contributed by atoms with E-state index in [1.54, 1.807) is 11.1 Å². The molecular weight excluding hydrogens is 504 g/mol. The number of unbranched alkanes of at least 4 members (excludes halogenated alkanes) is 10. The lowest BCUT2D eigenvalue weighted by Crippen LogP contribution is -2.51. The largest absolute Gasteiger partial charge is 0.465 e. The quantitative estimate of drug-likeness (QED) is 0.124. The molecule has 0 aliphatic heterocycles. The second-order valence-corrected chi connectivity index (χ2v) is 15.0. The van der Waals surface area contributed by atoms with Crippen LogP contribution in [0, 0.1) is 28.6 Å². The molecule has 1 N–H and O–H groups in total. The van der Waals surface area contributed by atoms with E-state index in [9.17, 15) is 9.90 Å². The third kappa shape index (κ3) is 10.3. The Morgan fingerprint density at radius 3 is 2.24 bits per heavy atom. The van der Waals surface area contributed by atoms with E-state index in [0.717, 1.165) is 38.5 Å². The first-order chi connectivity index (χ1) is 19.7. The van der Waals surface area contributed by atoms with Crippen molar-refractivity contribution in [1.82, 2.24) is 0 Å². The SMILES string of the molecule is CCCCCCC(O)CCCCCCCCCCC(=O)OC[C@]1(C)CCC[C@]2(C)[C@H]3CCC(C(C)C)=CC3=CC[C@@H]12. The number of fused-ring (bicyclic) bond motifs is 3. The summed E-state index contributed by atoms with van der Waals surface area (Å²) in [5, 5.41) is 10.1. The summed E-state index contributed by atoms with van der Waals surface area (Å²) in [4.78, 5) is 12.7. The maximum absolute atomic E-state index is 12.7. The van der Waals surface area contributed by atoms with Gasteiger partial charge in [0.25, 0.3) is 0 Å². The summed E-state index contributed by atoms with van der Waals surface area (Å²) in [5.74, 6) is 1.94. The van der Waals surface area contributed by atoms with Gasteiger partial charge in [-0.25, -0.2) is 0 Å². The van der Waals surface area contributed by atoms with Gasteiger partial charge in [-0.05, 0) is 80.1 Å². The van der Waals surface area contributed by atoms with Gasteiger partial charge in [0.1, 0.15) is 0 Å². The Hall–Kier alpha value is -1.09. The molecular formula is C38H66O3. The molecule has 3 nitrogen and oxygen atoms in total. The third-order valence-electron chi connectivity index (χ3n) is 11.3. The Kier molecular flexibility index (Phi) is 14.5. The third-order valence-corrected chi connectivity index (χ3v) is 11.3. The van der Waals surface area contributed by atoms with Crippen molar-refractivity contribution in [2.75, 3.05) is 6.61 Å². The fourth-order valence-electron chi connectivity index (χ4n) is 8.63. The van der Waals surface area contributed by atoms with Crippen LogP contribution in [0.1, 0.15) is 169 Å². The summed E-state index contributed by atoms with van der Waals surface area (Å²) in [5.41, 5.74) is 3.66. The second-order valence-electron chi connectivity index (χ2n) is 15.0. The monoisotopic (exact) mass is 571 g/mol. The molecule has 0 aromatic heterocycles. The molecule has 0 heterocycles. The first-order valence-corrected chi connectivity index (χ1v) is 17.9. The van der Waals surface area contributed by atoms with Gasteiger partial charge in [0, 0.05) is 11.8 Å². The van der Waals surface area contributed by atoms with Gasteiger partial charge in [-0.2, -0.15) is 0 Å². The average Bonchev–Trinajstić information content (AvgIpc) is 2.95.